The summed E-state index contributed by atoms with van der Waals surface area (Å²) in [5.74, 6) is 0.743. The second-order valence-corrected chi connectivity index (χ2v) is 5.09. The van der Waals surface area contributed by atoms with Gasteiger partial charge in [0.1, 0.15) is 0 Å². The average Bonchev–Trinajstić information content (AvgIpc) is 2.26. The van der Waals surface area contributed by atoms with Crippen LogP contribution < -0.4 is 5.73 Å². The fourth-order valence-corrected chi connectivity index (χ4v) is 2.71. The van der Waals surface area contributed by atoms with Crippen molar-refractivity contribution < 1.29 is 0 Å². The van der Waals surface area contributed by atoms with Crippen molar-refractivity contribution in [2.75, 3.05) is 0 Å². The van der Waals surface area contributed by atoms with Gasteiger partial charge < -0.3 is 5.73 Å². The lowest BCUT2D eigenvalue weighted by molar-refractivity contribution is 0.452. The van der Waals surface area contributed by atoms with Crippen LogP contribution >= 0.6 is 0 Å². The number of hydrogen-bond acceptors (Lipinski definition) is 1. The second-order valence-electron chi connectivity index (χ2n) is 5.09. The first-order valence-corrected chi connectivity index (χ1v) is 6.64. The highest BCUT2D eigenvalue weighted by Gasteiger charge is 2.26. The molecular weight excluding hydrogens is 194 g/mol. The SMILES string of the molecule is CCCCCC(N)CC1Cc2ccccc21. The lowest BCUT2D eigenvalue weighted by Gasteiger charge is -2.32. The van der Waals surface area contributed by atoms with Gasteiger partial charge in [0, 0.05) is 6.04 Å². The van der Waals surface area contributed by atoms with Crippen LogP contribution in [0.3, 0.4) is 0 Å². The number of nitrogens with two attached hydrogens (primary N) is 1. The average molecular weight is 217 g/mol. The monoisotopic (exact) mass is 217 g/mol. The zero-order chi connectivity index (χ0) is 11.4. The summed E-state index contributed by atoms with van der Waals surface area (Å²) < 4.78 is 0. The van der Waals surface area contributed by atoms with Crippen molar-refractivity contribution in [1.29, 1.82) is 0 Å². The molecule has 1 aliphatic rings. The summed E-state index contributed by atoms with van der Waals surface area (Å²) in [4.78, 5) is 0. The Balaban J connectivity index is 1.76. The Bertz CT molecular complexity index is 332. The minimum absolute atomic E-state index is 0.407. The van der Waals surface area contributed by atoms with E-state index in [2.05, 4.69) is 31.2 Å². The molecule has 0 amide bonds. The Hall–Kier alpha value is -0.820. The number of fused-ring (bicyclic) bond motifs is 1. The molecule has 1 nitrogen and oxygen atoms in total. The Morgan fingerprint density at radius 2 is 2.12 bits per heavy atom. The van der Waals surface area contributed by atoms with Gasteiger partial charge in [0.25, 0.3) is 0 Å². The highest BCUT2D eigenvalue weighted by atomic mass is 14.6. The van der Waals surface area contributed by atoms with E-state index in [0.29, 0.717) is 6.04 Å². The molecule has 2 N–H and O–H groups in total. The van der Waals surface area contributed by atoms with Crippen LogP contribution in [0.2, 0.25) is 0 Å². The summed E-state index contributed by atoms with van der Waals surface area (Å²) in [5, 5.41) is 0. The maximum atomic E-state index is 6.18. The van der Waals surface area contributed by atoms with Gasteiger partial charge >= 0.3 is 0 Å². The number of rotatable bonds is 6. The van der Waals surface area contributed by atoms with E-state index >= 15 is 0 Å². The van der Waals surface area contributed by atoms with E-state index < -0.39 is 0 Å². The molecule has 16 heavy (non-hydrogen) atoms. The maximum Gasteiger partial charge on any atom is 0.00447 e. The fourth-order valence-electron chi connectivity index (χ4n) is 2.71. The predicted octanol–water partition coefficient (Wildman–Crippen LogP) is 3.62. The lowest BCUT2D eigenvalue weighted by atomic mass is 9.74. The Morgan fingerprint density at radius 1 is 1.31 bits per heavy atom. The molecule has 1 aromatic rings. The van der Waals surface area contributed by atoms with E-state index in [4.69, 9.17) is 5.73 Å². The van der Waals surface area contributed by atoms with Crippen LogP contribution in [0.5, 0.6) is 0 Å². The molecule has 1 heteroatoms. The molecule has 0 aromatic heterocycles. The zero-order valence-corrected chi connectivity index (χ0v) is 10.3. The number of unbranched alkanes of at least 4 members (excludes halogenated alkanes) is 2. The summed E-state index contributed by atoms with van der Waals surface area (Å²) in [6.45, 7) is 2.24. The standard InChI is InChI=1S/C15H23N/c1-2-3-4-8-14(16)11-13-10-12-7-5-6-9-15(12)13/h5-7,9,13-14H,2-4,8,10-11,16H2,1H3. The van der Waals surface area contributed by atoms with Crippen LogP contribution in [0, 0.1) is 0 Å². The van der Waals surface area contributed by atoms with E-state index in [0.717, 1.165) is 5.92 Å². The molecule has 0 aliphatic heterocycles. The third-order valence-electron chi connectivity index (χ3n) is 3.73. The summed E-state index contributed by atoms with van der Waals surface area (Å²) in [6, 6.07) is 9.20. The summed E-state index contributed by atoms with van der Waals surface area (Å²) >= 11 is 0. The van der Waals surface area contributed by atoms with Gasteiger partial charge in [0.15, 0.2) is 0 Å². The molecule has 0 radical (unpaired) electrons. The Morgan fingerprint density at radius 3 is 2.88 bits per heavy atom. The van der Waals surface area contributed by atoms with Gasteiger partial charge in [-0.2, -0.15) is 0 Å². The van der Waals surface area contributed by atoms with E-state index in [1.54, 1.807) is 5.56 Å². The molecule has 0 heterocycles. The van der Waals surface area contributed by atoms with Gasteiger partial charge in [-0.05, 0) is 36.3 Å². The minimum atomic E-state index is 0.407. The lowest BCUT2D eigenvalue weighted by Crippen LogP contribution is -2.27. The highest BCUT2D eigenvalue weighted by Crippen LogP contribution is 2.38. The highest BCUT2D eigenvalue weighted by molar-refractivity contribution is 5.39. The molecule has 0 bridgehead atoms. The van der Waals surface area contributed by atoms with Crippen LogP contribution in [-0.2, 0) is 6.42 Å². The molecule has 88 valence electrons. The first-order chi connectivity index (χ1) is 7.81. The van der Waals surface area contributed by atoms with E-state index in [1.165, 1.54) is 44.1 Å². The van der Waals surface area contributed by atoms with Crippen molar-refractivity contribution in [3.05, 3.63) is 35.4 Å². The smallest absolute Gasteiger partial charge is 0.00447 e. The zero-order valence-electron chi connectivity index (χ0n) is 10.3. The molecule has 1 aromatic carbocycles. The van der Waals surface area contributed by atoms with Gasteiger partial charge in [-0.25, -0.2) is 0 Å². The third-order valence-corrected chi connectivity index (χ3v) is 3.73. The van der Waals surface area contributed by atoms with Crippen LogP contribution in [0.1, 0.15) is 56.1 Å². The van der Waals surface area contributed by atoms with Crippen molar-refractivity contribution >= 4 is 0 Å². The second kappa shape index (κ2) is 5.49. The third kappa shape index (κ3) is 2.65. The molecule has 2 unspecified atom stereocenters. The summed E-state index contributed by atoms with van der Waals surface area (Å²) in [5.41, 5.74) is 9.27. The van der Waals surface area contributed by atoms with Gasteiger partial charge in [-0.15, -0.1) is 0 Å². The number of hydrogen-bond donors (Lipinski definition) is 1. The molecule has 0 saturated carbocycles. The van der Waals surface area contributed by atoms with Gasteiger partial charge in [0.05, 0.1) is 0 Å². The van der Waals surface area contributed by atoms with Crippen molar-refractivity contribution in [2.45, 2.75) is 57.4 Å². The molecular formula is C15H23N. The van der Waals surface area contributed by atoms with Crippen molar-refractivity contribution in [1.82, 2.24) is 0 Å². The molecule has 0 spiro atoms. The van der Waals surface area contributed by atoms with Gasteiger partial charge in [0.2, 0.25) is 0 Å². The van der Waals surface area contributed by atoms with E-state index in [-0.39, 0.29) is 0 Å². The van der Waals surface area contributed by atoms with Gasteiger partial charge in [-0.1, -0.05) is 50.5 Å². The normalized spacial score (nSPS) is 20.0. The van der Waals surface area contributed by atoms with Crippen LogP contribution in [-0.4, -0.2) is 6.04 Å². The Kier molecular flexibility index (Phi) is 4.00. The van der Waals surface area contributed by atoms with Crippen LogP contribution in [0.15, 0.2) is 24.3 Å². The van der Waals surface area contributed by atoms with Crippen molar-refractivity contribution in [3.8, 4) is 0 Å². The largest absolute Gasteiger partial charge is 0.328 e. The maximum absolute atomic E-state index is 6.18. The van der Waals surface area contributed by atoms with Crippen molar-refractivity contribution in [2.24, 2.45) is 5.73 Å². The molecule has 0 fully saturated rings. The summed E-state index contributed by atoms with van der Waals surface area (Å²) in [7, 11) is 0. The first-order valence-electron chi connectivity index (χ1n) is 6.64. The van der Waals surface area contributed by atoms with E-state index in [9.17, 15) is 0 Å². The summed E-state index contributed by atoms with van der Waals surface area (Å²) in [6.07, 6.45) is 7.55. The molecule has 1 aliphatic carbocycles. The molecule has 0 saturated heterocycles. The van der Waals surface area contributed by atoms with Crippen LogP contribution in [0.4, 0.5) is 0 Å². The fraction of sp³-hybridized carbons (Fsp3) is 0.600. The first kappa shape index (κ1) is 11.7. The Labute approximate surface area is 99.0 Å². The van der Waals surface area contributed by atoms with Crippen LogP contribution in [0.25, 0.3) is 0 Å². The molecule has 2 atom stereocenters. The van der Waals surface area contributed by atoms with E-state index in [1.807, 2.05) is 0 Å². The van der Waals surface area contributed by atoms with Gasteiger partial charge in [-0.3, -0.25) is 0 Å². The quantitative estimate of drug-likeness (QED) is 0.724. The minimum Gasteiger partial charge on any atom is -0.328 e. The predicted molar refractivity (Wildman–Crippen MR) is 69.6 cm³/mol. The number of benzene rings is 1. The molecule has 2 rings (SSSR count). The van der Waals surface area contributed by atoms with Crippen molar-refractivity contribution in [3.63, 3.8) is 0 Å². The topological polar surface area (TPSA) is 26.0 Å².